The first-order chi connectivity index (χ1) is 17.5. The fourth-order valence-electron chi connectivity index (χ4n) is 5.66. The fraction of sp³-hybridized carbons (Fsp3) is 0.345. The molecule has 0 spiro atoms. The Morgan fingerprint density at radius 3 is 2.11 bits per heavy atom. The molecule has 7 nitrogen and oxygen atoms in total. The van der Waals surface area contributed by atoms with Crippen LogP contribution in [0.15, 0.2) is 85.2 Å². The van der Waals surface area contributed by atoms with Gasteiger partial charge in [0.05, 0.1) is 26.2 Å². The molecular weight excluding hydrogens is 454 g/mol. The van der Waals surface area contributed by atoms with Gasteiger partial charge in [0.1, 0.15) is 6.54 Å². The highest BCUT2D eigenvalue weighted by Crippen LogP contribution is 2.38. The van der Waals surface area contributed by atoms with Crippen molar-refractivity contribution in [1.29, 1.82) is 0 Å². The van der Waals surface area contributed by atoms with Gasteiger partial charge < -0.3 is 19.6 Å². The maximum atomic E-state index is 13.6. The third-order valence-corrected chi connectivity index (χ3v) is 7.79. The molecule has 1 atom stereocenters. The van der Waals surface area contributed by atoms with Crippen LogP contribution < -0.4 is 5.32 Å². The predicted octanol–water partition coefficient (Wildman–Crippen LogP) is 2.90. The van der Waals surface area contributed by atoms with E-state index in [0.717, 1.165) is 37.0 Å². The minimum absolute atomic E-state index is 0.110. The summed E-state index contributed by atoms with van der Waals surface area (Å²) in [6, 6.07) is 21.4. The van der Waals surface area contributed by atoms with Crippen LogP contribution >= 0.6 is 0 Å². The molecule has 3 saturated heterocycles. The monoisotopic (exact) mass is 486 g/mol. The molecule has 2 bridgehead atoms. The highest BCUT2D eigenvalue weighted by atomic mass is 16.6. The maximum Gasteiger partial charge on any atom is 0.348 e. The van der Waals surface area contributed by atoms with Gasteiger partial charge in [-0.15, -0.1) is 0 Å². The van der Waals surface area contributed by atoms with Crippen LogP contribution in [0.3, 0.4) is 0 Å². The summed E-state index contributed by atoms with van der Waals surface area (Å²) in [5.74, 6) is -0.458. The summed E-state index contributed by atoms with van der Waals surface area (Å²) in [4.78, 5) is 30.0. The molecule has 0 radical (unpaired) electrons. The van der Waals surface area contributed by atoms with E-state index in [-0.39, 0.29) is 17.9 Å². The third-order valence-electron chi connectivity index (χ3n) is 7.79. The lowest BCUT2D eigenvalue weighted by atomic mass is 9.82. The zero-order valence-electron chi connectivity index (χ0n) is 20.3. The lowest BCUT2D eigenvalue weighted by Gasteiger charge is -2.52. The van der Waals surface area contributed by atoms with Crippen LogP contribution in [-0.2, 0) is 15.1 Å². The summed E-state index contributed by atoms with van der Waals surface area (Å²) in [6.07, 6.45) is 4.88. The number of rotatable bonds is 8. The number of nitrogens with one attached hydrogen (secondary N) is 1. The van der Waals surface area contributed by atoms with Gasteiger partial charge in [-0.2, -0.15) is 0 Å². The Morgan fingerprint density at radius 2 is 1.53 bits per heavy atom. The van der Waals surface area contributed by atoms with Crippen LogP contribution in [0.2, 0.25) is 0 Å². The second-order valence-corrected chi connectivity index (χ2v) is 9.91. The Kier molecular flexibility index (Phi) is 6.85. The topological polar surface area (TPSA) is 88.5 Å². The molecule has 3 aliphatic heterocycles. The van der Waals surface area contributed by atoms with E-state index >= 15 is 0 Å². The second-order valence-electron chi connectivity index (χ2n) is 9.91. The number of ether oxygens (including phenoxy) is 1. The fourth-order valence-corrected chi connectivity index (χ4v) is 5.66. The maximum absolute atomic E-state index is 13.6. The first-order valence-corrected chi connectivity index (χ1v) is 12.6. The molecule has 2 N–H and O–H groups in total. The van der Waals surface area contributed by atoms with Crippen molar-refractivity contribution < 1.29 is 23.9 Å². The Balaban J connectivity index is 1.28. The molecule has 0 saturated carbocycles. The van der Waals surface area contributed by atoms with Crippen LogP contribution in [0.4, 0.5) is 0 Å². The molecule has 2 aromatic carbocycles. The number of pyridine rings is 1. The van der Waals surface area contributed by atoms with E-state index in [1.807, 2.05) is 36.4 Å². The van der Waals surface area contributed by atoms with Crippen molar-refractivity contribution in [1.82, 2.24) is 10.3 Å². The van der Waals surface area contributed by atoms with Gasteiger partial charge in [-0.3, -0.25) is 9.78 Å². The lowest BCUT2D eigenvalue weighted by molar-refractivity contribution is -0.945. The number of esters is 1. The zero-order chi connectivity index (χ0) is 25.0. The summed E-state index contributed by atoms with van der Waals surface area (Å²) < 4.78 is 6.93. The summed E-state index contributed by atoms with van der Waals surface area (Å²) in [5, 5.41) is 14.8. The molecule has 0 unspecified atom stereocenters. The Morgan fingerprint density at radius 1 is 0.944 bits per heavy atom. The average Bonchev–Trinajstić information content (AvgIpc) is 2.94. The number of amides is 1. The Bertz CT molecular complexity index is 1140. The minimum atomic E-state index is -1.88. The van der Waals surface area contributed by atoms with E-state index in [1.54, 1.807) is 48.8 Å². The SMILES string of the molecule is O=C(NCC[N+]12CCC(CC1)[C@@H](OC(=O)C(O)(c1ccccc1)c1ccccc1)C2)c1ccncc1. The van der Waals surface area contributed by atoms with Gasteiger partial charge in [0.2, 0.25) is 5.60 Å². The average molecular weight is 487 g/mol. The van der Waals surface area contributed by atoms with E-state index in [2.05, 4.69) is 10.3 Å². The van der Waals surface area contributed by atoms with Crippen molar-refractivity contribution in [3.05, 3.63) is 102 Å². The number of benzene rings is 2. The largest absolute Gasteiger partial charge is 0.453 e. The number of aromatic nitrogens is 1. The number of carbonyl (C=O) groups is 2. The van der Waals surface area contributed by atoms with Crippen molar-refractivity contribution in [3.63, 3.8) is 0 Å². The Hall–Kier alpha value is -3.55. The quantitative estimate of drug-likeness (QED) is 0.378. The molecule has 4 heterocycles. The first-order valence-electron chi connectivity index (χ1n) is 12.6. The summed E-state index contributed by atoms with van der Waals surface area (Å²) in [6.45, 7) is 4.03. The highest BCUT2D eigenvalue weighted by Gasteiger charge is 2.50. The number of hydrogen-bond acceptors (Lipinski definition) is 5. The standard InChI is InChI=1S/C29H31N3O4/c33-27(23-11-15-30-16-12-23)31-17-20-32-18-13-22(14-19-32)26(21-32)36-28(34)29(35,24-7-3-1-4-8-24)25-9-5-2-6-10-25/h1-12,15-16,22,26,35H,13-14,17-21H2/p+1/t22?,26-,32?/m0/s1. The molecule has 186 valence electrons. The van der Waals surface area contributed by atoms with Crippen molar-refractivity contribution in [2.24, 2.45) is 5.92 Å². The molecular formula is C29H32N3O4+. The van der Waals surface area contributed by atoms with E-state index in [0.29, 0.717) is 29.8 Å². The van der Waals surface area contributed by atoms with Gasteiger partial charge in [-0.05, 0) is 23.3 Å². The molecule has 6 rings (SSSR count). The van der Waals surface area contributed by atoms with E-state index in [9.17, 15) is 14.7 Å². The van der Waals surface area contributed by atoms with Gasteiger partial charge in [-0.25, -0.2) is 4.79 Å². The Labute approximate surface area is 211 Å². The van der Waals surface area contributed by atoms with E-state index in [1.165, 1.54) is 0 Å². The molecule has 3 aromatic rings. The molecule has 3 fully saturated rings. The summed E-state index contributed by atoms with van der Waals surface area (Å²) >= 11 is 0. The molecule has 0 aliphatic carbocycles. The minimum Gasteiger partial charge on any atom is -0.453 e. The molecule has 36 heavy (non-hydrogen) atoms. The molecule has 1 amide bonds. The first kappa shape index (κ1) is 24.2. The van der Waals surface area contributed by atoms with Crippen LogP contribution in [-0.4, -0.2) is 65.3 Å². The number of piperidine rings is 3. The number of quaternary nitrogens is 1. The second kappa shape index (κ2) is 10.2. The number of fused-ring (bicyclic) bond motifs is 3. The normalized spacial score (nSPS) is 23.1. The third kappa shape index (κ3) is 4.76. The smallest absolute Gasteiger partial charge is 0.348 e. The van der Waals surface area contributed by atoms with Gasteiger partial charge in [0, 0.05) is 36.7 Å². The van der Waals surface area contributed by atoms with Crippen LogP contribution in [0.25, 0.3) is 0 Å². The molecule has 1 aromatic heterocycles. The summed E-state index contributed by atoms with van der Waals surface area (Å²) in [5.41, 5.74) is -0.302. The van der Waals surface area contributed by atoms with Gasteiger partial charge in [-0.1, -0.05) is 60.7 Å². The van der Waals surface area contributed by atoms with Crippen molar-refractivity contribution in [2.45, 2.75) is 24.5 Å². The number of hydrogen-bond donors (Lipinski definition) is 2. The lowest BCUT2D eigenvalue weighted by Crippen LogP contribution is -2.66. The summed E-state index contributed by atoms with van der Waals surface area (Å²) in [7, 11) is 0. The highest BCUT2D eigenvalue weighted by molar-refractivity contribution is 5.93. The zero-order valence-corrected chi connectivity index (χ0v) is 20.3. The van der Waals surface area contributed by atoms with Crippen LogP contribution in [0.5, 0.6) is 0 Å². The molecule has 7 heteroatoms. The van der Waals surface area contributed by atoms with Gasteiger partial charge >= 0.3 is 5.97 Å². The van der Waals surface area contributed by atoms with Crippen molar-refractivity contribution >= 4 is 11.9 Å². The van der Waals surface area contributed by atoms with Crippen LogP contribution in [0.1, 0.15) is 34.3 Å². The number of nitrogens with zero attached hydrogens (tertiary/aromatic N) is 2. The number of aliphatic hydroxyl groups is 1. The van der Waals surface area contributed by atoms with E-state index < -0.39 is 11.6 Å². The molecule has 3 aliphatic rings. The van der Waals surface area contributed by atoms with Crippen molar-refractivity contribution in [2.75, 3.05) is 32.7 Å². The van der Waals surface area contributed by atoms with E-state index in [4.69, 9.17) is 4.74 Å². The van der Waals surface area contributed by atoms with Crippen molar-refractivity contribution in [3.8, 4) is 0 Å². The van der Waals surface area contributed by atoms with Crippen LogP contribution in [0, 0.1) is 5.92 Å². The predicted molar refractivity (Wildman–Crippen MR) is 135 cm³/mol. The van der Waals surface area contributed by atoms with Gasteiger partial charge in [0.15, 0.2) is 6.10 Å². The number of carbonyl (C=O) groups excluding carboxylic acids is 2. The van der Waals surface area contributed by atoms with Gasteiger partial charge in [0.25, 0.3) is 5.91 Å².